The highest BCUT2D eigenvalue weighted by molar-refractivity contribution is 7.07. The van der Waals surface area contributed by atoms with Gasteiger partial charge in [0.25, 0.3) is 11.8 Å². The molecule has 0 radical (unpaired) electrons. The smallest absolute Gasteiger partial charge is 0.273 e. The van der Waals surface area contributed by atoms with Crippen LogP contribution in [0.4, 0.5) is 0 Å². The van der Waals surface area contributed by atoms with Gasteiger partial charge in [0.05, 0.1) is 31.3 Å². The van der Waals surface area contributed by atoms with E-state index in [9.17, 15) is 14.4 Å². The third-order valence-corrected chi connectivity index (χ3v) is 4.87. The van der Waals surface area contributed by atoms with Gasteiger partial charge in [-0.2, -0.15) is 0 Å². The predicted octanol–water partition coefficient (Wildman–Crippen LogP) is 0.923. The molecule has 1 aliphatic rings. The van der Waals surface area contributed by atoms with Crippen LogP contribution in [-0.4, -0.2) is 67.5 Å². The van der Waals surface area contributed by atoms with E-state index in [0.717, 1.165) is 0 Å². The minimum Gasteiger partial charge on any atom is -0.497 e. The van der Waals surface area contributed by atoms with Gasteiger partial charge in [-0.05, 0) is 18.6 Å². The Morgan fingerprint density at radius 3 is 2.90 bits per heavy atom. The fourth-order valence-corrected chi connectivity index (χ4v) is 3.34. The number of nitrogens with one attached hydrogen (secondary N) is 2. The lowest BCUT2D eigenvalue weighted by atomic mass is 10.1. The first-order valence-corrected chi connectivity index (χ1v) is 10.1. The van der Waals surface area contributed by atoms with Gasteiger partial charge in [0.15, 0.2) is 0 Å². The molecule has 0 bridgehead atoms. The number of amides is 3. The number of fused-ring (bicyclic) bond motifs is 1. The van der Waals surface area contributed by atoms with Crippen molar-refractivity contribution in [2.24, 2.45) is 0 Å². The van der Waals surface area contributed by atoms with Crippen molar-refractivity contribution in [1.29, 1.82) is 0 Å². The quantitative estimate of drug-likeness (QED) is 0.751. The Balaban J connectivity index is 1.73. The highest BCUT2D eigenvalue weighted by atomic mass is 32.1. The normalized spacial score (nSPS) is 16.0. The molecule has 0 aliphatic carbocycles. The van der Waals surface area contributed by atoms with E-state index in [0.29, 0.717) is 42.3 Å². The largest absolute Gasteiger partial charge is 0.497 e. The first-order valence-electron chi connectivity index (χ1n) is 9.11. The van der Waals surface area contributed by atoms with Crippen LogP contribution in [0.3, 0.4) is 0 Å². The van der Waals surface area contributed by atoms with Gasteiger partial charge in [-0.3, -0.25) is 14.4 Å². The van der Waals surface area contributed by atoms with Crippen LogP contribution in [0.25, 0.3) is 0 Å². The molecule has 0 spiro atoms. The molecule has 1 aromatic carbocycles. The van der Waals surface area contributed by atoms with Gasteiger partial charge in [-0.15, -0.1) is 11.3 Å². The molecule has 0 fully saturated rings. The van der Waals surface area contributed by atoms with Crippen molar-refractivity contribution in [3.05, 3.63) is 40.3 Å². The molecule has 1 aromatic heterocycles. The van der Waals surface area contributed by atoms with Crippen LogP contribution in [0, 0.1) is 0 Å². The Hall–Kier alpha value is -3.14. The molecule has 1 aliphatic heterocycles. The van der Waals surface area contributed by atoms with Crippen LogP contribution < -0.4 is 20.1 Å². The number of carbonyl (C=O) groups excluding carboxylic acids is 3. The molecule has 0 unspecified atom stereocenters. The summed E-state index contributed by atoms with van der Waals surface area (Å²) in [4.78, 5) is 42.9. The molecule has 2 aromatic rings. The topological polar surface area (TPSA) is 110 Å². The lowest BCUT2D eigenvalue weighted by molar-refractivity contribution is -0.121. The molecule has 2 N–H and O–H groups in total. The molecule has 9 nitrogen and oxygen atoms in total. The maximum Gasteiger partial charge on any atom is 0.273 e. The third kappa shape index (κ3) is 5.44. The van der Waals surface area contributed by atoms with Crippen molar-refractivity contribution in [1.82, 2.24) is 20.5 Å². The van der Waals surface area contributed by atoms with E-state index in [-0.39, 0.29) is 37.4 Å². The number of ether oxygens (including phenoxy) is 2. The highest BCUT2D eigenvalue weighted by Gasteiger charge is 2.21. The molecule has 0 saturated heterocycles. The van der Waals surface area contributed by atoms with E-state index in [1.54, 1.807) is 29.1 Å². The summed E-state index contributed by atoms with van der Waals surface area (Å²) in [5.41, 5.74) is 2.25. The van der Waals surface area contributed by atoms with E-state index in [2.05, 4.69) is 15.6 Å². The van der Waals surface area contributed by atoms with Crippen molar-refractivity contribution in [3.8, 4) is 11.5 Å². The number of rotatable bonds is 2. The molecular formula is C19H22N4O5S. The molecule has 29 heavy (non-hydrogen) atoms. The number of benzene rings is 1. The predicted molar refractivity (Wildman–Crippen MR) is 106 cm³/mol. The number of aromatic nitrogens is 1. The summed E-state index contributed by atoms with van der Waals surface area (Å²) in [5, 5.41) is 7.20. The van der Waals surface area contributed by atoms with Crippen LogP contribution in [-0.2, 0) is 4.79 Å². The fraction of sp³-hybridized carbons (Fsp3) is 0.368. The second-order valence-electron chi connectivity index (χ2n) is 6.27. The summed E-state index contributed by atoms with van der Waals surface area (Å²) in [6.07, 6.45) is 0.487. The van der Waals surface area contributed by atoms with Gasteiger partial charge in [0, 0.05) is 24.5 Å². The first-order chi connectivity index (χ1) is 14.1. The number of hydrogen-bond donors (Lipinski definition) is 2. The minimum absolute atomic E-state index is 0.0886. The number of nitrogens with zero attached hydrogens (tertiary/aromatic N) is 2. The Kier molecular flexibility index (Phi) is 7.01. The van der Waals surface area contributed by atoms with E-state index in [4.69, 9.17) is 9.47 Å². The van der Waals surface area contributed by atoms with Crippen LogP contribution >= 0.6 is 11.3 Å². The number of methoxy groups -OCH3 is 1. The SMILES string of the molecule is COc1ccc2c(c1)OCCNC(=O)CN(C(=O)c1cscn1)CCCNC2=O. The second kappa shape index (κ2) is 9.87. The van der Waals surface area contributed by atoms with Crippen molar-refractivity contribution >= 4 is 29.1 Å². The Bertz CT molecular complexity index is 871. The Labute approximate surface area is 172 Å². The van der Waals surface area contributed by atoms with Gasteiger partial charge in [-0.25, -0.2) is 4.98 Å². The van der Waals surface area contributed by atoms with Crippen LogP contribution in [0.15, 0.2) is 29.1 Å². The molecule has 10 heteroatoms. The molecule has 0 atom stereocenters. The zero-order valence-electron chi connectivity index (χ0n) is 16.0. The summed E-state index contributed by atoms with van der Waals surface area (Å²) < 4.78 is 10.9. The van der Waals surface area contributed by atoms with E-state index >= 15 is 0 Å². The summed E-state index contributed by atoms with van der Waals surface area (Å²) in [6, 6.07) is 4.95. The average Bonchev–Trinajstić information content (AvgIpc) is 3.27. The lowest BCUT2D eigenvalue weighted by Gasteiger charge is -2.22. The number of thiazole rings is 1. The zero-order valence-corrected chi connectivity index (χ0v) is 16.8. The summed E-state index contributed by atoms with van der Waals surface area (Å²) in [6.45, 7) is 0.965. The maximum absolute atomic E-state index is 12.6. The van der Waals surface area contributed by atoms with Crippen LogP contribution in [0.2, 0.25) is 0 Å². The second-order valence-corrected chi connectivity index (χ2v) is 6.99. The van der Waals surface area contributed by atoms with Gasteiger partial charge in [0.1, 0.15) is 23.8 Å². The molecule has 3 amide bonds. The minimum atomic E-state index is -0.312. The average molecular weight is 418 g/mol. The van der Waals surface area contributed by atoms with E-state index < -0.39 is 0 Å². The molecule has 2 heterocycles. The van der Waals surface area contributed by atoms with Crippen molar-refractivity contribution in [2.75, 3.05) is 39.9 Å². The van der Waals surface area contributed by atoms with Crippen molar-refractivity contribution < 1.29 is 23.9 Å². The van der Waals surface area contributed by atoms with Gasteiger partial charge in [-0.1, -0.05) is 0 Å². The molecular weight excluding hydrogens is 396 g/mol. The number of hydrogen-bond acceptors (Lipinski definition) is 7. The van der Waals surface area contributed by atoms with Gasteiger partial charge in [0.2, 0.25) is 5.91 Å². The molecule has 154 valence electrons. The monoisotopic (exact) mass is 418 g/mol. The highest BCUT2D eigenvalue weighted by Crippen LogP contribution is 2.25. The first kappa shape index (κ1) is 20.6. The fourth-order valence-electron chi connectivity index (χ4n) is 2.82. The van der Waals surface area contributed by atoms with Gasteiger partial charge >= 0.3 is 0 Å². The summed E-state index contributed by atoms with van der Waals surface area (Å²) in [7, 11) is 1.53. The lowest BCUT2D eigenvalue weighted by Crippen LogP contribution is -2.43. The number of carbonyl (C=O) groups is 3. The zero-order chi connectivity index (χ0) is 20.6. The van der Waals surface area contributed by atoms with Crippen LogP contribution in [0.5, 0.6) is 11.5 Å². The summed E-state index contributed by atoms with van der Waals surface area (Å²) >= 11 is 1.32. The maximum atomic E-state index is 12.6. The molecule has 0 saturated carbocycles. The Morgan fingerprint density at radius 2 is 2.14 bits per heavy atom. The van der Waals surface area contributed by atoms with Crippen molar-refractivity contribution in [2.45, 2.75) is 6.42 Å². The Morgan fingerprint density at radius 1 is 1.28 bits per heavy atom. The standard InChI is InChI=1S/C19H22N4O5S/c1-27-13-3-4-14-16(9-13)28-8-6-20-17(24)10-23(7-2-5-21-18(14)25)19(26)15-11-29-12-22-15/h3-4,9,11-12H,2,5-8,10H2,1H3,(H,20,24)(H,21,25). The van der Waals surface area contributed by atoms with Crippen LogP contribution in [0.1, 0.15) is 27.3 Å². The summed E-state index contributed by atoms with van der Waals surface area (Å²) in [5.74, 6) is 0.0742. The van der Waals surface area contributed by atoms with E-state index in [1.807, 2.05) is 0 Å². The van der Waals surface area contributed by atoms with Gasteiger partial charge < -0.3 is 25.0 Å². The molecule has 3 rings (SSSR count). The third-order valence-electron chi connectivity index (χ3n) is 4.28. The van der Waals surface area contributed by atoms with Crippen molar-refractivity contribution in [3.63, 3.8) is 0 Å². The van der Waals surface area contributed by atoms with E-state index in [1.165, 1.54) is 23.3 Å².